The van der Waals surface area contributed by atoms with E-state index < -0.39 is 0 Å². The van der Waals surface area contributed by atoms with Crippen LogP contribution in [0, 0.1) is 12.3 Å². The molecule has 0 unspecified atom stereocenters. The third-order valence-electron chi connectivity index (χ3n) is 2.34. The Labute approximate surface area is 82.0 Å². The van der Waals surface area contributed by atoms with Gasteiger partial charge in [0.05, 0.1) is 15.6 Å². The molecule has 1 aromatic rings. The number of carbonyl (C=O) groups is 1. The SMILES string of the molecule is Cc1nc2c(s1)C(=O)CC(C)(C)C2. The Morgan fingerprint density at radius 1 is 1.38 bits per heavy atom. The number of nitrogens with zero attached hydrogens (tertiary/aromatic N) is 1. The van der Waals surface area contributed by atoms with Crippen LogP contribution in [0.5, 0.6) is 0 Å². The van der Waals surface area contributed by atoms with Crippen molar-refractivity contribution in [2.45, 2.75) is 33.6 Å². The molecule has 0 atom stereocenters. The first-order valence-electron chi connectivity index (χ1n) is 4.47. The molecule has 0 saturated heterocycles. The molecule has 2 nitrogen and oxygen atoms in total. The van der Waals surface area contributed by atoms with E-state index in [9.17, 15) is 4.79 Å². The Hall–Kier alpha value is -0.700. The quantitative estimate of drug-likeness (QED) is 0.637. The van der Waals surface area contributed by atoms with Crippen LogP contribution in [0.4, 0.5) is 0 Å². The topological polar surface area (TPSA) is 30.0 Å². The van der Waals surface area contributed by atoms with Crippen LogP contribution in [0.3, 0.4) is 0 Å². The molecule has 3 heteroatoms. The third kappa shape index (κ3) is 1.53. The van der Waals surface area contributed by atoms with Crippen LogP contribution in [-0.4, -0.2) is 10.8 Å². The lowest BCUT2D eigenvalue weighted by atomic mass is 9.78. The third-order valence-corrected chi connectivity index (χ3v) is 3.40. The molecule has 1 aromatic heterocycles. The summed E-state index contributed by atoms with van der Waals surface area (Å²) in [4.78, 5) is 17.0. The molecule has 13 heavy (non-hydrogen) atoms. The van der Waals surface area contributed by atoms with E-state index in [4.69, 9.17) is 0 Å². The van der Waals surface area contributed by atoms with Gasteiger partial charge in [-0.1, -0.05) is 13.8 Å². The Bertz CT molecular complexity index is 365. The van der Waals surface area contributed by atoms with Crippen molar-refractivity contribution < 1.29 is 4.79 Å². The summed E-state index contributed by atoms with van der Waals surface area (Å²) in [6.45, 7) is 6.22. The molecule has 0 aliphatic heterocycles. The highest BCUT2D eigenvalue weighted by Gasteiger charge is 2.33. The van der Waals surface area contributed by atoms with Crippen molar-refractivity contribution in [2.24, 2.45) is 5.41 Å². The van der Waals surface area contributed by atoms with Crippen molar-refractivity contribution in [3.05, 3.63) is 15.6 Å². The Morgan fingerprint density at radius 3 is 2.77 bits per heavy atom. The predicted molar refractivity (Wildman–Crippen MR) is 53.3 cm³/mol. The number of fused-ring (bicyclic) bond motifs is 1. The minimum Gasteiger partial charge on any atom is -0.293 e. The summed E-state index contributed by atoms with van der Waals surface area (Å²) in [5.74, 6) is 0.275. The highest BCUT2D eigenvalue weighted by Crippen LogP contribution is 2.36. The fourth-order valence-electron chi connectivity index (χ4n) is 1.84. The zero-order valence-electron chi connectivity index (χ0n) is 8.18. The summed E-state index contributed by atoms with van der Waals surface area (Å²) in [5.41, 5.74) is 1.12. The number of ketones is 1. The van der Waals surface area contributed by atoms with Crippen LogP contribution < -0.4 is 0 Å². The van der Waals surface area contributed by atoms with Gasteiger partial charge in [-0.3, -0.25) is 4.79 Å². The van der Waals surface area contributed by atoms with Gasteiger partial charge in [0.1, 0.15) is 0 Å². The second kappa shape index (κ2) is 2.64. The second-order valence-corrected chi connectivity index (χ2v) is 5.65. The van der Waals surface area contributed by atoms with Gasteiger partial charge in [-0.15, -0.1) is 11.3 Å². The zero-order chi connectivity index (χ0) is 9.64. The van der Waals surface area contributed by atoms with E-state index in [0.29, 0.717) is 6.42 Å². The van der Waals surface area contributed by atoms with E-state index in [1.54, 1.807) is 0 Å². The summed E-state index contributed by atoms with van der Waals surface area (Å²) < 4.78 is 0. The summed E-state index contributed by atoms with van der Waals surface area (Å²) in [6, 6.07) is 0. The monoisotopic (exact) mass is 195 g/mol. The highest BCUT2D eigenvalue weighted by molar-refractivity contribution is 7.13. The van der Waals surface area contributed by atoms with Gasteiger partial charge >= 0.3 is 0 Å². The van der Waals surface area contributed by atoms with Gasteiger partial charge in [-0.25, -0.2) is 4.98 Å². The van der Waals surface area contributed by atoms with Gasteiger partial charge in [0.15, 0.2) is 5.78 Å². The van der Waals surface area contributed by atoms with Gasteiger partial charge in [0.2, 0.25) is 0 Å². The fourth-order valence-corrected chi connectivity index (χ4v) is 2.71. The molecule has 2 rings (SSSR count). The van der Waals surface area contributed by atoms with Crippen LogP contribution in [0.15, 0.2) is 0 Å². The fraction of sp³-hybridized carbons (Fsp3) is 0.600. The van der Waals surface area contributed by atoms with Crippen molar-refractivity contribution in [3.63, 3.8) is 0 Å². The molecule has 1 aliphatic rings. The number of Topliss-reactive ketones (excluding diaryl/α,β-unsaturated/α-hetero) is 1. The van der Waals surface area contributed by atoms with Gasteiger partial charge in [-0.2, -0.15) is 0 Å². The number of carbonyl (C=O) groups excluding carboxylic acids is 1. The van der Waals surface area contributed by atoms with Crippen LogP contribution >= 0.6 is 11.3 Å². The first-order valence-corrected chi connectivity index (χ1v) is 5.29. The van der Waals surface area contributed by atoms with Crippen molar-refractivity contribution in [3.8, 4) is 0 Å². The lowest BCUT2D eigenvalue weighted by molar-refractivity contribution is 0.0916. The normalized spacial score (nSPS) is 20.1. The molecule has 0 amide bonds. The molecule has 0 bridgehead atoms. The summed E-state index contributed by atoms with van der Waals surface area (Å²) in [7, 11) is 0. The molecule has 1 aliphatic carbocycles. The van der Waals surface area contributed by atoms with Gasteiger partial charge < -0.3 is 0 Å². The molecule has 0 radical (unpaired) electrons. The molecule has 70 valence electrons. The van der Waals surface area contributed by atoms with E-state index in [2.05, 4.69) is 18.8 Å². The average molecular weight is 195 g/mol. The number of hydrogen-bond donors (Lipinski definition) is 0. The minimum atomic E-state index is 0.102. The number of aryl methyl sites for hydroxylation is 1. The average Bonchev–Trinajstić information content (AvgIpc) is 2.27. The standard InChI is InChI=1S/C10H13NOS/c1-6-11-7-4-10(2,3)5-8(12)9(7)13-6/h4-5H2,1-3H3. The lowest BCUT2D eigenvalue weighted by Gasteiger charge is -2.26. The Balaban J connectivity index is 2.48. The van der Waals surface area contributed by atoms with Crippen molar-refractivity contribution >= 4 is 17.1 Å². The molecule has 0 aromatic carbocycles. The molecule has 0 spiro atoms. The highest BCUT2D eigenvalue weighted by atomic mass is 32.1. The minimum absolute atomic E-state index is 0.102. The van der Waals surface area contributed by atoms with Gasteiger partial charge in [0, 0.05) is 6.42 Å². The van der Waals surface area contributed by atoms with Crippen LogP contribution in [0.1, 0.15) is 40.6 Å². The van der Waals surface area contributed by atoms with E-state index in [1.165, 1.54) is 11.3 Å². The maximum Gasteiger partial charge on any atom is 0.175 e. The molecule has 0 fully saturated rings. The summed E-state index contributed by atoms with van der Waals surface area (Å²) in [5, 5.41) is 1.01. The van der Waals surface area contributed by atoms with E-state index in [1.807, 2.05) is 6.92 Å². The first-order chi connectivity index (χ1) is 5.98. The number of aromatic nitrogens is 1. The second-order valence-electron chi connectivity index (χ2n) is 4.45. The van der Waals surface area contributed by atoms with E-state index >= 15 is 0 Å². The Kier molecular flexibility index (Phi) is 1.80. The maximum absolute atomic E-state index is 11.7. The summed E-state index contributed by atoms with van der Waals surface area (Å²) >= 11 is 1.54. The van der Waals surface area contributed by atoms with Crippen molar-refractivity contribution in [2.75, 3.05) is 0 Å². The number of rotatable bonds is 0. The van der Waals surface area contributed by atoms with Crippen molar-refractivity contribution in [1.29, 1.82) is 0 Å². The van der Waals surface area contributed by atoms with E-state index in [-0.39, 0.29) is 11.2 Å². The predicted octanol–water partition coefficient (Wildman–Crippen LogP) is 2.61. The van der Waals surface area contributed by atoms with Crippen LogP contribution in [0.25, 0.3) is 0 Å². The Morgan fingerprint density at radius 2 is 2.08 bits per heavy atom. The van der Waals surface area contributed by atoms with Crippen molar-refractivity contribution in [1.82, 2.24) is 4.98 Å². The van der Waals surface area contributed by atoms with Crippen LogP contribution in [-0.2, 0) is 6.42 Å². The molecule has 0 saturated carbocycles. The molecular weight excluding hydrogens is 182 g/mol. The zero-order valence-corrected chi connectivity index (χ0v) is 8.99. The summed E-state index contributed by atoms with van der Waals surface area (Å²) in [6.07, 6.45) is 1.61. The van der Waals surface area contributed by atoms with Gasteiger partial charge in [-0.05, 0) is 18.8 Å². The van der Waals surface area contributed by atoms with Crippen LogP contribution in [0.2, 0.25) is 0 Å². The molecule has 1 heterocycles. The largest absolute Gasteiger partial charge is 0.293 e. The van der Waals surface area contributed by atoms with E-state index in [0.717, 1.165) is 22.0 Å². The number of thiazole rings is 1. The smallest absolute Gasteiger partial charge is 0.175 e. The molecular formula is C10H13NOS. The van der Waals surface area contributed by atoms with Gasteiger partial charge in [0.25, 0.3) is 0 Å². The number of hydrogen-bond acceptors (Lipinski definition) is 3. The molecule has 0 N–H and O–H groups in total. The maximum atomic E-state index is 11.7. The lowest BCUT2D eigenvalue weighted by Crippen LogP contribution is -2.25. The first kappa shape index (κ1) is 8.88.